The van der Waals surface area contributed by atoms with Crippen molar-refractivity contribution >= 4 is 34.4 Å². The average Bonchev–Trinajstić information content (AvgIpc) is 3.34. The molecule has 210 valence electrons. The number of rotatable bonds is 10. The first-order valence-electron chi connectivity index (χ1n) is 12.7. The van der Waals surface area contributed by atoms with Gasteiger partial charge in [0, 0.05) is 30.9 Å². The number of carboxylic acid groups (broad SMARTS) is 1. The van der Waals surface area contributed by atoms with E-state index in [1.165, 1.54) is 6.07 Å². The van der Waals surface area contributed by atoms with E-state index in [4.69, 9.17) is 9.15 Å². The Kier molecular flexibility index (Phi) is 8.58. The van der Waals surface area contributed by atoms with Gasteiger partial charge in [-0.15, -0.1) is 0 Å². The van der Waals surface area contributed by atoms with Gasteiger partial charge in [0.2, 0.25) is 0 Å². The molecule has 0 amide bonds. The zero-order chi connectivity index (χ0) is 28.9. The number of carbonyl (C=O) groups is 2. The highest BCUT2D eigenvalue weighted by molar-refractivity contribution is 5.99. The highest BCUT2D eigenvalue weighted by Crippen LogP contribution is 2.36. The van der Waals surface area contributed by atoms with E-state index >= 15 is 0 Å². The Labute approximate surface area is 229 Å². The van der Waals surface area contributed by atoms with Crippen molar-refractivity contribution in [2.24, 2.45) is 5.41 Å². The second kappa shape index (κ2) is 11.9. The third-order valence-electron chi connectivity index (χ3n) is 6.96. The molecule has 1 saturated heterocycles. The number of anilines is 1. The Bertz CT molecular complexity index is 1460. The number of fused-ring (bicyclic) bond motifs is 1. The number of allylic oxidation sites excluding steroid dienone is 4. The van der Waals surface area contributed by atoms with Gasteiger partial charge in [-0.1, -0.05) is 43.0 Å². The summed E-state index contributed by atoms with van der Waals surface area (Å²) >= 11 is 0. The fraction of sp³-hybridized carbons (Fsp3) is 0.300. The largest absolute Gasteiger partial charge is 0.481 e. The van der Waals surface area contributed by atoms with Crippen LogP contribution in [0.2, 0.25) is 0 Å². The van der Waals surface area contributed by atoms with Crippen molar-refractivity contribution in [2.45, 2.75) is 38.8 Å². The van der Waals surface area contributed by atoms with Gasteiger partial charge >= 0.3 is 12.1 Å². The number of ketones is 1. The van der Waals surface area contributed by atoms with Crippen LogP contribution in [0.4, 0.5) is 19.2 Å². The monoisotopic (exact) mass is 554 g/mol. The van der Waals surface area contributed by atoms with E-state index in [0.717, 1.165) is 23.3 Å². The van der Waals surface area contributed by atoms with Crippen LogP contribution in [0.25, 0.3) is 16.7 Å². The van der Waals surface area contributed by atoms with Gasteiger partial charge in [0.25, 0.3) is 6.01 Å². The molecule has 4 rings (SSSR count). The maximum Gasteiger partial charge on any atom is 0.416 e. The molecule has 0 bridgehead atoms. The summed E-state index contributed by atoms with van der Waals surface area (Å²) in [7, 11) is 0. The second-order valence-electron chi connectivity index (χ2n) is 9.65. The molecule has 2 aromatic carbocycles. The maximum atomic E-state index is 13.0. The van der Waals surface area contributed by atoms with Gasteiger partial charge in [-0.25, -0.2) is 0 Å². The van der Waals surface area contributed by atoms with Crippen LogP contribution in [0.15, 0.2) is 77.4 Å². The zero-order valence-corrected chi connectivity index (χ0v) is 21.9. The molecular formula is C30H29F3N2O5. The summed E-state index contributed by atoms with van der Waals surface area (Å²) in [6, 6.07) is 10.1. The first-order chi connectivity index (χ1) is 19.0. The Hall–Kier alpha value is -4.18. The van der Waals surface area contributed by atoms with Crippen molar-refractivity contribution in [1.29, 1.82) is 0 Å². The molecule has 7 nitrogen and oxygen atoms in total. The number of halogens is 3. The SMILES string of the molecule is C=C(CC=C/C(=C\C)Nc1nc2cc(C(F)(F)F)ccc2o1)c1ccc(C(=O)CC2(C(=O)O)CCOCC2)cc1. The third-order valence-corrected chi connectivity index (χ3v) is 6.96. The number of carboxylic acids is 1. The smallest absolute Gasteiger partial charge is 0.416 e. The number of aromatic nitrogens is 1. The fourth-order valence-corrected chi connectivity index (χ4v) is 4.47. The molecule has 1 aliphatic rings. The molecule has 2 heterocycles. The number of nitrogens with zero attached hydrogens (tertiary/aromatic N) is 1. The van der Waals surface area contributed by atoms with E-state index in [1.54, 1.807) is 43.3 Å². The number of alkyl halides is 3. The lowest BCUT2D eigenvalue weighted by Gasteiger charge is -2.32. The number of carbonyl (C=O) groups excluding carboxylic acids is 1. The van der Waals surface area contributed by atoms with Crippen LogP contribution < -0.4 is 5.32 Å². The molecule has 0 aliphatic carbocycles. The number of aliphatic carboxylic acids is 1. The summed E-state index contributed by atoms with van der Waals surface area (Å²) in [5, 5.41) is 12.7. The van der Waals surface area contributed by atoms with E-state index in [2.05, 4.69) is 16.9 Å². The lowest BCUT2D eigenvalue weighted by molar-refractivity contribution is -0.154. The van der Waals surface area contributed by atoms with E-state index in [0.29, 0.717) is 43.7 Å². The van der Waals surface area contributed by atoms with Crippen molar-refractivity contribution in [2.75, 3.05) is 18.5 Å². The first-order valence-corrected chi connectivity index (χ1v) is 12.7. The lowest BCUT2D eigenvalue weighted by Crippen LogP contribution is -2.39. The minimum Gasteiger partial charge on any atom is -0.481 e. The van der Waals surface area contributed by atoms with Crippen molar-refractivity contribution < 1.29 is 37.0 Å². The molecule has 10 heteroatoms. The first kappa shape index (κ1) is 28.8. The van der Waals surface area contributed by atoms with E-state index in [-0.39, 0.29) is 29.3 Å². The number of hydrogen-bond donors (Lipinski definition) is 2. The van der Waals surface area contributed by atoms with E-state index in [9.17, 15) is 27.9 Å². The van der Waals surface area contributed by atoms with Gasteiger partial charge in [-0.2, -0.15) is 18.2 Å². The van der Waals surface area contributed by atoms with Crippen molar-refractivity contribution in [1.82, 2.24) is 4.98 Å². The van der Waals surface area contributed by atoms with Crippen LogP contribution in [0.5, 0.6) is 0 Å². The predicted molar refractivity (Wildman–Crippen MR) is 145 cm³/mol. The van der Waals surface area contributed by atoms with Crippen molar-refractivity contribution in [3.8, 4) is 0 Å². The molecule has 0 unspecified atom stereocenters. The van der Waals surface area contributed by atoms with Crippen LogP contribution in [-0.2, 0) is 15.7 Å². The highest BCUT2D eigenvalue weighted by atomic mass is 19.4. The normalized spacial score (nSPS) is 15.8. The summed E-state index contributed by atoms with van der Waals surface area (Å²) in [4.78, 5) is 28.8. The molecule has 0 radical (unpaired) electrons. The summed E-state index contributed by atoms with van der Waals surface area (Å²) in [5.74, 6) is -1.19. The fourth-order valence-electron chi connectivity index (χ4n) is 4.47. The van der Waals surface area contributed by atoms with Gasteiger partial charge in [-0.3, -0.25) is 9.59 Å². The third kappa shape index (κ3) is 6.69. The number of Topliss-reactive ketones (excluding diaryl/α,β-unsaturated/α-hetero) is 1. The molecule has 0 atom stereocenters. The highest BCUT2D eigenvalue weighted by Gasteiger charge is 2.42. The molecule has 1 aliphatic heterocycles. The minimum atomic E-state index is -4.47. The molecule has 0 saturated carbocycles. The van der Waals surface area contributed by atoms with Gasteiger partial charge in [0.15, 0.2) is 11.4 Å². The molecule has 1 fully saturated rings. The van der Waals surface area contributed by atoms with Crippen LogP contribution in [0.3, 0.4) is 0 Å². The number of hydrogen-bond acceptors (Lipinski definition) is 6. The van der Waals surface area contributed by atoms with Crippen molar-refractivity contribution in [3.63, 3.8) is 0 Å². The Balaban J connectivity index is 1.34. The van der Waals surface area contributed by atoms with E-state index < -0.39 is 23.1 Å². The van der Waals surface area contributed by atoms with Gasteiger partial charge in [0.05, 0.1) is 11.0 Å². The number of nitrogens with one attached hydrogen (secondary N) is 1. The lowest BCUT2D eigenvalue weighted by atomic mass is 9.75. The number of benzene rings is 2. The Morgan fingerprint density at radius 2 is 1.80 bits per heavy atom. The standard InChI is InChI=1S/C30H29F3N2O5/c1-3-23(34-28-35-24-17-22(30(31,32)33)11-12-26(24)40-28)6-4-5-19(2)20-7-9-21(10-8-20)25(36)18-29(27(37)38)13-15-39-16-14-29/h3-4,6-12,17H,2,5,13-16,18H2,1H3,(H,34,35)(H,37,38)/b6-4?,23-3+. The Morgan fingerprint density at radius 1 is 1.12 bits per heavy atom. The second-order valence-corrected chi connectivity index (χ2v) is 9.65. The molecule has 3 aromatic rings. The van der Waals surface area contributed by atoms with Crippen LogP contribution in [-0.4, -0.2) is 35.1 Å². The zero-order valence-electron chi connectivity index (χ0n) is 21.9. The van der Waals surface area contributed by atoms with Crippen LogP contribution in [0, 0.1) is 5.41 Å². The quantitative estimate of drug-likeness (QED) is 0.201. The topological polar surface area (TPSA) is 102 Å². The summed E-state index contributed by atoms with van der Waals surface area (Å²) in [5.41, 5.74) is 1.12. The van der Waals surface area contributed by atoms with Crippen molar-refractivity contribution in [3.05, 3.63) is 89.7 Å². The molecule has 40 heavy (non-hydrogen) atoms. The molecular weight excluding hydrogens is 525 g/mol. The molecule has 2 N–H and O–H groups in total. The summed E-state index contributed by atoms with van der Waals surface area (Å²) in [6.07, 6.45) is 1.96. The predicted octanol–water partition coefficient (Wildman–Crippen LogP) is 7.28. The van der Waals surface area contributed by atoms with Gasteiger partial charge < -0.3 is 19.6 Å². The van der Waals surface area contributed by atoms with E-state index in [1.807, 2.05) is 6.08 Å². The summed E-state index contributed by atoms with van der Waals surface area (Å²) < 4.78 is 49.7. The van der Waals surface area contributed by atoms with Gasteiger partial charge in [0.1, 0.15) is 5.52 Å². The maximum absolute atomic E-state index is 13.0. The number of oxazole rings is 1. The average molecular weight is 555 g/mol. The van der Waals surface area contributed by atoms with Crippen LogP contribution >= 0.6 is 0 Å². The molecule has 1 aromatic heterocycles. The molecule has 0 spiro atoms. The number of ether oxygens (including phenoxy) is 1. The Morgan fingerprint density at radius 3 is 2.42 bits per heavy atom. The minimum absolute atomic E-state index is 0.0663. The summed E-state index contributed by atoms with van der Waals surface area (Å²) in [6.45, 7) is 6.54. The van der Waals surface area contributed by atoms with Crippen LogP contribution in [0.1, 0.15) is 54.1 Å². The van der Waals surface area contributed by atoms with Gasteiger partial charge in [-0.05, 0) is 61.6 Å².